The van der Waals surface area contributed by atoms with Crippen LogP contribution in [0.1, 0.15) is 6.42 Å². The van der Waals surface area contributed by atoms with Crippen molar-refractivity contribution in [3.63, 3.8) is 0 Å². The Labute approximate surface area is 106 Å². The van der Waals surface area contributed by atoms with E-state index in [-0.39, 0.29) is 12.0 Å². The predicted octanol–water partition coefficient (Wildman–Crippen LogP) is -1.11. The smallest absolute Gasteiger partial charge is 0.361 e. The molecule has 1 atom stereocenters. The van der Waals surface area contributed by atoms with Crippen molar-refractivity contribution in [2.45, 2.75) is 11.7 Å². The molecule has 19 heavy (non-hydrogen) atoms. The molecule has 0 aromatic rings. The molecule has 0 saturated heterocycles. The molecule has 0 fully saturated rings. The molecule has 0 aliphatic heterocycles. The Morgan fingerprint density at radius 3 is 2.47 bits per heavy atom. The molecule has 0 radical (unpaired) electrons. The Bertz CT molecular complexity index is 736. The molecule has 2 aliphatic carbocycles. The van der Waals surface area contributed by atoms with Gasteiger partial charge in [0.2, 0.25) is 0 Å². The molecule has 98 valence electrons. The van der Waals surface area contributed by atoms with Crippen LogP contribution in [0.25, 0.3) is 5.53 Å². The monoisotopic (exact) mass is 282 g/mol. The minimum atomic E-state index is -5.01. The molecule has 0 aromatic heterocycles. The molecule has 0 saturated carbocycles. The van der Waals surface area contributed by atoms with Crippen LogP contribution in [0, 0.1) is 0 Å². The molecule has 1 N–H and O–H groups in total. The topological polar surface area (TPSA) is 142 Å². The fourth-order valence-electron chi connectivity index (χ4n) is 1.97. The summed E-state index contributed by atoms with van der Waals surface area (Å²) in [5.74, 6) is -3.07. The molecule has 0 amide bonds. The number of hydrogen-bond acceptors (Lipinski definition) is 5. The first-order valence-electron chi connectivity index (χ1n) is 5.00. The number of carbonyl (C=O) groups excluding carboxylic acids is 3. The molecule has 9 heteroatoms. The minimum absolute atomic E-state index is 0.151. The van der Waals surface area contributed by atoms with Gasteiger partial charge in [0.25, 0.3) is 21.2 Å². The maximum Gasteiger partial charge on any atom is 0.367 e. The summed E-state index contributed by atoms with van der Waals surface area (Å²) in [5, 5.41) is -2.36. The van der Waals surface area contributed by atoms with Crippen LogP contribution >= 0.6 is 0 Å². The summed E-state index contributed by atoms with van der Waals surface area (Å²) >= 11 is 0. The van der Waals surface area contributed by atoms with Crippen molar-refractivity contribution in [1.82, 2.24) is 0 Å². The molecular weight excluding hydrogens is 276 g/mol. The van der Waals surface area contributed by atoms with E-state index in [9.17, 15) is 22.8 Å². The van der Waals surface area contributed by atoms with Crippen molar-refractivity contribution in [2.24, 2.45) is 0 Å². The second-order valence-electron chi connectivity index (χ2n) is 3.89. The van der Waals surface area contributed by atoms with Crippen molar-refractivity contribution in [2.75, 3.05) is 0 Å². The van der Waals surface area contributed by atoms with Crippen LogP contribution < -0.4 is 0 Å². The van der Waals surface area contributed by atoms with Crippen LogP contribution in [0.3, 0.4) is 0 Å². The SMILES string of the molecule is [N-]=[N+]=C1C(=O)C2=C(C(=O)CC=C2)C(=O)C1S(=O)(=O)O. The van der Waals surface area contributed by atoms with Crippen molar-refractivity contribution < 1.29 is 32.1 Å². The second kappa shape index (κ2) is 4.16. The fourth-order valence-corrected chi connectivity index (χ4v) is 2.79. The first-order valence-corrected chi connectivity index (χ1v) is 6.50. The fraction of sp³-hybridized carbons (Fsp3) is 0.200. The Hall–Kier alpha value is -2.22. The third-order valence-electron chi connectivity index (χ3n) is 2.75. The summed E-state index contributed by atoms with van der Waals surface area (Å²) in [6.45, 7) is 0. The highest BCUT2D eigenvalue weighted by molar-refractivity contribution is 7.88. The zero-order chi connectivity index (χ0) is 14.4. The van der Waals surface area contributed by atoms with Gasteiger partial charge in [-0.2, -0.15) is 13.2 Å². The lowest BCUT2D eigenvalue weighted by Gasteiger charge is -2.19. The Balaban J connectivity index is 2.79. The number of allylic oxidation sites excluding steroid dienone is 4. The van der Waals surface area contributed by atoms with Gasteiger partial charge in [0.15, 0.2) is 11.6 Å². The average Bonchev–Trinajstić information content (AvgIpc) is 2.31. The standard InChI is InChI=1S/C10H6N2O6S/c11-12-7-8(14)4-2-1-3-5(13)6(4)9(15)10(7)19(16,17)18/h1-2,10H,3H2,(H,16,17,18). The van der Waals surface area contributed by atoms with Crippen LogP contribution in [0.2, 0.25) is 0 Å². The average molecular weight is 282 g/mol. The highest BCUT2D eigenvalue weighted by Crippen LogP contribution is 2.26. The maximum absolute atomic E-state index is 11.9. The van der Waals surface area contributed by atoms with Crippen LogP contribution in [0.4, 0.5) is 0 Å². The zero-order valence-corrected chi connectivity index (χ0v) is 10.0. The quantitative estimate of drug-likeness (QED) is 0.279. The lowest BCUT2D eigenvalue weighted by molar-refractivity contribution is -0.124. The lowest BCUT2D eigenvalue weighted by atomic mass is 9.82. The largest absolute Gasteiger partial charge is 0.367 e. The normalized spacial score (nSPS) is 23.5. The molecule has 0 heterocycles. The van der Waals surface area contributed by atoms with Crippen LogP contribution in [-0.4, -0.2) is 46.1 Å². The van der Waals surface area contributed by atoms with Crippen molar-refractivity contribution in [1.29, 1.82) is 0 Å². The first-order chi connectivity index (χ1) is 8.79. The van der Waals surface area contributed by atoms with Gasteiger partial charge in [0, 0.05) is 12.0 Å². The number of Topliss-reactive ketones (excluding diaryl/α,β-unsaturated/α-hetero) is 3. The molecule has 1 unspecified atom stereocenters. The van der Waals surface area contributed by atoms with Gasteiger partial charge in [-0.15, -0.1) is 0 Å². The third-order valence-corrected chi connectivity index (χ3v) is 3.78. The maximum atomic E-state index is 11.9. The lowest BCUT2D eigenvalue weighted by Crippen LogP contribution is -2.49. The first kappa shape index (κ1) is 13.2. The van der Waals surface area contributed by atoms with Gasteiger partial charge >= 0.3 is 5.71 Å². The number of ketones is 3. The minimum Gasteiger partial charge on any atom is -0.361 e. The van der Waals surface area contributed by atoms with Gasteiger partial charge in [0.1, 0.15) is 0 Å². The van der Waals surface area contributed by atoms with E-state index in [0.29, 0.717) is 0 Å². The van der Waals surface area contributed by atoms with E-state index < -0.39 is 44.0 Å². The van der Waals surface area contributed by atoms with Crippen LogP contribution in [0.15, 0.2) is 23.3 Å². The molecule has 2 rings (SSSR count). The summed E-state index contributed by atoms with van der Waals surface area (Å²) < 4.78 is 31.2. The number of carbonyl (C=O) groups is 3. The van der Waals surface area contributed by atoms with Gasteiger partial charge in [-0.25, -0.2) is 0 Å². The van der Waals surface area contributed by atoms with E-state index in [1.165, 1.54) is 12.2 Å². The van der Waals surface area contributed by atoms with Gasteiger partial charge in [-0.05, 0) is 0 Å². The van der Waals surface area contributed by atoms with Crippen molar-refractivity contribution in [3.8, 4) is 0 Å². The summed E-state index contributed by atoms with van der Waals surface area (Å²) in [6, 6.07) is 0. The molecule has 8 nitrogen and oxygen atoms in total. The van der Waals surface area contributed by atoms with Gasteiger partial charge in [0.05, 0.1) is 5.57 Å². The summed E-state index contributed by atoms with van der Waals surface area (Å²) in [6.07, 6.45) is 2.36. The van der Waals surface area contributed by atoms with Gasteiger partial charge < -0.3 is 5.53 Å². The Kier molecular flexibility index (Phi) is 2.90. The van der Waals surface area contributed by atoms with Crippen molar-refractivity contribution >= 4 is 33.2 Å². The zero-order valence-electron chi connectivity index (χ0n) is 9.23. The van der Waals surface area contributed by atoms with E-state index >= 15 is 0 Å². The predicted molar refractivity (Wildman–Crippen MR) is 59.8 cm³/mol. The van der Waals surface area contributed by atoms with E-state index in [4.69, 9.17) is 10.1 Å². The van der Waals surface area contributed by atoms with E-state index in [1.54, 1.807) is 0 Å². The van der Waals surface area contributed by atoms with Crippen LogP contribution in [-0.2, 0) is 24.5 Å². The third kappa shape index (κ3) is 1.89. The highest BCUT2D eigenvalue weighted by atomic mass is 32.2. The summed E-state index contributed by atoms with van der Waals surface area (Å²) in [7, 11) is -5.01. The number of hydrogen-bond donors (Lipinski definition) is 1. The molecule has 2 aliphatic rings. The Morgan fingerprint density at radius 1 is 1.32 bits per heavy atom. The van der Waals surface area contributed by atoms with Crippen molar-refractivity contribution in [3.05, 3.63) is 28.8 Å². The molecule has 0 bridgehead atoms. The summed E-state index contributed by atoms with van der Waals surface area (Å²) in [5.41, 5.74) is 6.75. The van der Waals surface area contributed by atoms with E-state index in [1.807, 2.05) is 0 Å². The van der Waals surface area contributed by atoms with E-state index in [0.717, 1.165) is 0 Å². The highest BCUT2D eigenvalue weighted by Gasteiger charge is 2.54. The van der Waals surface area contributed by atoms with E-state index in [2.05, 4.69) is 4.79 Å². The van der Waals surface area contributed by atoms with Gasteiger partial charge in [-0.3, -0.25) is 18.9 Å². The Morgan fingerprint density at radius 2 is 1.95 bits per heavy atom. The molecular formula is C10H6N2O6S. The molecule has 0 spiro atoms. The number of rotatable bonds is 1. The summed E-state index contributed by atoms with van der Waals surface area (Å²) in [4.78, 5) is 37.9. The van der Waals surface area contributed by atoms with Gasteiger partial charge in [-0.1, -0.05) is 12.2 Å². The van der Waals surface area contributed by atoms with Crippen LogP contribution in [0.5, 0.6) is 0 Å². The molecule has 0 aromatic carbocycles. The number of nitrogens with zero attached hydrogens (tertiary/aromatic N) is 2. The second-order valence-corrected chi connectivity index (χ2v) is 5.39.